The second kappa shape index (κ2) is 5.50. The Kier molecular flexibility index (Phi) is 3.84. The Morgan fingerprint density at radius 2 is 1.90 bits per heavy atom. The molecule has 1 aliphatic heterocycles. The van der Waals surface area contributed by atoms with Crippen molar-refractivity contribution in [3.05, 3.63) is 33.3 Å². The first kappa shape index (κ1) is 14.7. The second-order valence-electron chi connectivity index (χ2n) is 5.66. The number of rotatable bonds is 2. The third kappa shape index (κ3) is 2.62. The molecule has 21 heavy (non-hydrogen) atoms. The van der Waals surface area contributed by atoms with Gasteiger partial charge in [-0.05, 0) is 42.5 Å². The smallest absolute Gasteiger partial charge is 0.307 e. The highest BCUT2D eigenvalue weighted by Gasteiger charge is 2.43. The highest BCUT2D eigenvalue weighted by atomic mass is 35.5. The number of carbonyl (C=O) groups excluding carboxylic acids is 1. The van der Waals surface area contributed by atoms with Crippen LogP contribution in [0.25, 0.3) is 0 Å². The van der Waals surface area contributed by atoms with Crippen molar-refractivity contribution >= 4 is 35.1 Å². The topological polar surface area (TPSA) is 57.6 Å². The largest absolute Gasteiger partial charge is 0.481 e. The fourth-order valence-corrected chi connectivity index (χ4v) is 3.75. The van der Waals surface area contributed by atoms with Crippen LogP contribution in [0.2, 0.25) is 10.0 Å². The van der Waals surface area contributed by atoms with Crippen LogP contribution in [-0.4, -0.2) is 28.4 Å². The second-order valence-corrected chi connectivity index (χ2v) is 6.51. The molecule has 0 aromatic heterocycles. The summed E-state index contributed by atoms with van der Waals surface area (Å²) in [4.78, 5) is 25.3. The maximum Gasteiger partial charge on any atom is 0.307 e. The van der Waals surface area contributed by atoms with Gasteiger partial charge in [0.15, 0.2) is 0 Å². The molecule has 1 aliphatic carbocycles. The molecule has 6 heteroatoms. The van der Waals surface area contributed by atoms with E-state index in [1.165, 1.54) is 0 Å². The summed E-state index contributed by atoms with van der Waals surface area (Å²) < 4.78 is 0. The van der Waals surface area contributed by atoms with Crippen LogP contribution in [0, 0.1) is 11.8 Å². The normalized spacial score (nSPS) is 24.2. The zero-order valence-electron chi connectivity index (χ0n) is 11.3. The Morgan fingerprint density at radius 3 is 2.52 bits per heavy atom. The quantitative estimate of drug-likeness (QED) is 0.908. The van der Waals surface area contributed by atoms with Gasteiger partial charge in [-0.25, -0.2) is 0 Å². The average Bonchev–Trinajstić information content (AvgIpc) is 2.35. The zero-order chi connectivity index (χ0) is 15.1. The van der Waals surface area contributed by atoms with E-state index in [0.29, 0.717) is 42.4 Å². The minimum atomic E-state index is -0.872. The van der Waals surface area contributed by atoms with E-state index < -0.39 is 11.9 Å². The Hall–Kier alpha value is -1.26. The number of aliphatic carboxylic acids is 1. The molecule has 1 aromatic carbocycles. The first-order chi connectivity index (χ1) is 9.97. The van der Waals surface area contributed by atoms with E-state index in [1.807, 2.05) is 6.07 Å². The molecule has 1 fully saturated rings. The van der Waals surface area contributed by atoms with Gasteiger partial charge in [0.1, 0.15) is 0 Å². The molecule has 1 N–H and O–H groups in total. The zero-order valence-corrected chi connectivity index (χ0v) is 12.8. The number of carbonyl (C=O) groups is 2. The molecule has 0 radical (unpaired) electrons. The molecule has 112 valence electrons. The minimum Gasteiger partial charge on any atom is -0.481 e. The number of carboxylic acid groups (broad SMARTS) is 1. The molecule has 4 nitrogen and oxygen atoms in total. The number of fused-ring (bicyclic) bond motifs is 1. The van der Waals surface area contributed by atoms with Crippen LogP contribution in [0.1, 0.15) is 24.0 Å². The van der Waals surface area contributed by atoms with E-state index in [1.54, 1.807) is 11.0 Å². The predicted octanol–water partition coefficient (Wildman–Crippen LogP) is 2.99. The number of halogens is 2. The van der Waals surface area contributed by atoms with E-state index in [9.17, 15) is 9.59 Å². The van der Waals surface area contributed by atoms with Crippen molar-refractivity contribution in [2.75, 3.05) is 6.54 Å². The van der Waals surface area contributed by atoms with Gasteiger partial charge < -0.3 is 10.0 Å². The summed E-state index contributed by atoms with van der Waals surface area (Å²) in [6.45, 7) is 1.04. The van der Waals surface area contributed by atoms with Crippen LogP contribution >= 0.6 is 23.2 Å². The van der Waals surface area contributed by atoms with Crippen LogP contribution in [0.5, 0.6) is 0 Å². The molecule has 0 spiro atoms. The van der Waals surface area contributed by atoms with E-state index in [0.717, 1.165) is 11.1 Å². The van der Waals surface area contributed by atoms with Gasteiger partial charge in [-0.3, -0.25) is 9.59 Å². The molecule has 0 saturated heterocycles. The molecule has 2 atom stereocenters. The van der Waals surface area contributed by atoms with Crippen LogP contribution < -0.4 is 0 Å². The maximum atomic E-state index is 12.5. The van der Waals surface area contributed by atoms with E-state index in [-0.39, 0.29) is 11.8 Å². The van der Waals surface area contributed by atoms with Gasteiger partial charge in [0.2, 0.25) is 5.91 Å². The van der Waals surface area contributed by atoms with Crippen molar-refractivity contribution in [2.45, 2.75) is 25.8 Å². The van der Waals surface area contributed by atoms with Gasteiger partial charge in [-0.15, -0.1) is 0 Å². The van der Waals surface area contributed by atoms with Crippen LogP contribution in [-0.2, 0) is 22.6 Å². The van der Waals surface area contributed by atoms with Crippen LogP contribution in [0.3, 0.4) is 0 Å². The molecule has 0 bridgehead atoms. The molecular weight excluding hydrogens is 313 g/mol. The summed E-state index contributed by atoms with van der Waals surface area (Å²) in [5, 5.41) is 10.3. The first-order valence-corrected chi connectivity index (χ1v) is 7.71. The van der Waals surface area contributed by atoms with Gasteiger partial charge in [-0.2, -0.15) is 0 Å². The highest BCUT2D eigenvalue weighted by Crippen LogP contribution is 2.37. The first-order valence-electron chi connectivity index (χ1n) is 6.95. The van der Waals surface area contributed by atoms with Crippen LogP contribution in [0.4, 0.5) is 0 Å². The SMILES string of the molecule is O=C(O)C1CCC1C(=O)N1CCc2c(Cl)cc(Cl)cc2C1. The van der Waals surface area contributed by atoms with Gasteiger partial charge >= 0.3 is 5.97 Å². The predicted molar refractivity (Wildman–Crippen MR) is 79.4 cm³/mol. The number of hydrogen-bond acceptors (Lipinski definition) is 2. The summed E-state index contributed by atoms with van der Waals surface area (Å²) >= 11 is 12.2. The molecular formula is C15H15Cl2NO3. The molecule has 1 amide bonds. The summed E-state index contributed by atoms with van der Waals surface area (Å²) in [7, 11) is 0. The summed E-state index contributed by atoms with van der Waals surface area (Å²) in [5.41, 5.74) is 1.99. The number of carboxylic acids is 1. The summed E-state index contributed by atoms with van der Waals surface area (Å²) in [5.74, 6) is -1.83. The van der Waals surface area contributed by atoms with Crippen LogP contribution in [0.15, 0.2) is 12.1 Å². The Bertz CT molecular complexity index is 617. The Balaban J connectivity index is 1.77. The van der Waals surface area contributed by atoms with Gasteiger partial charge in [0.25, 0.3) is 0 Å². The Labute approximate surface area is 132 Å². The van der Waals surface area contributed by atoms with Crippen molar-refractivity contribution in [1.82, 2.24) is 4.90 Å². The minimum absolute atomic E-state index is 0.0598. The van der Waals surface area contributed by atoms with Gasteiger partial charge in [0.05, 0.1) is 11.8 Å². The third-order valence-corrected chi connectivity index (χ3v) is 5.02. The lowest BCUT2D eigenvalue weighted by molar-refractivity contribution is -0.157. The van der Waals surface area contributed by atoms with E-state index in [4.69, 9.17) is 28.3 Å². The average molecular weight is 328 g/mol. The summed E-state index contributed by atoms with van der Waals surface area (Å²) in [6, 6.07) is 3.55. The third-order valence-electron chi connectivity index (χ3n) is 4.47. The van der Waals surface area contributed by atoms with Gasteiger partial charge in [0, 0.05) is 23.1 Å². The fourth-order valence-electron chi connectivity index (χ4n) is 3.12. The van der Waals surface area contributed by atoms with E-state index >= 15 is 0 Å². The Morgan fingerprint density at radius 1 is 1.19 bits per heavy atom. The van der Waals surface area contributed by atoms with E-state index in [2.05, 4.69) is 0 Å². The number of hydrogen-bond donors (Lipinski definition) is 1. The number of amides is 1. The van der Waals surface area contributed by atoms with Crippen molar-refractivity contribution in [2.24, 2.45) is 11.8 Å². The number of benzene rings is 1. The van der Waals surface area contributed by atoms with Crippen molar-refractivity contribution in [1.29, 1.82) is 0 Å². The fraction of sp³-hybridized carbons (Fsp3) is 0.467. The number of nitrogens with zero attached hydrogens (tertiary/aromatic N) is 1. The highest BCUT2D eigenvalue weighted by molar-refractivity contribution is 6.35. The lowest BCUT2D eigenvalue weighted by Gasteiger charge is -2.38. The molecule has 1 heterocycles. The maximum absolute atomic E-state index is 12.5. The van der Waals surface area contributed by atoms with Crippen molar-refractivity contribution < 1.29 is 14.7 Å². The molecule has 3 rings (SSSR count). The lowest BCUT2D eigenvalue weighted by atomic mass is 9.72. The standard InChI is InChI=1S/C15H15Cl2NO3/c16-9-5-8-7-18(4-3-10(8)13(17)6-9)14(19)11-1-2-12(11)15(20)21/h5-6,11-12H,1-4,7H2,(H,20,21). The molecule has 2 aliphatic rings. The summed E-state index contributed by atoms with van der Waals surface area (Å²) in [6.07, 6.45) is 1.94. The van der Waals surface area contributed by atoms with Crippen molar-refractivity contribution in [3.63, 3.8) is 0 Å². The monoisotopic (exact) mass is 327 g/mol. The molecule has 1 saturated carbocycles. The van der Waals surface area contributed by atoms with Gasteiger partial charge in [-0.1, -0.05) is 23.2 Å². The molecule has 2 unspecified atom stereocenters. The van der Waals surface area contributed by atoms with Crippen molar-refractivity contribution in [3.8, 4) is 0 Å². The molecule has 1 aromatic rings. The lowest BCUT2D eigenvalue weighted by Crippen LogP contribution is -2.47.